The average molecular weight is 229 g/mol. The first-order valence-corrected chi connectivity index (χ1v) is 4.14. The number of nitriles is 1. The van der Waals surface area contributed by atoms with Gasteiger partial charge in [-0.2, -0.15) is 18.4 Å². The van der Waals surface area contributed by atoms with Gasteiger partial charge in [-0.1, -0.05) is 0 Å². The predicted octanol–water partition coefficient (Wildman–Crippen LogP) is 1.35. The van der Waals surface area contributed by atoms with Crippen LogP contribution in [0.15, 0.2) is 18.3 Å². The number of hydrogen-bond acceptors (Lipinski definition) is 3. The first kappa shape index (κ1) is 12.0. The number of amides is 1. The van der Waals surface area contributed by atoms with Crippen LogP contribution in [0.1, 0.15) is 16.1 Å². The van der Waals surface area contributed by atoms with Crippen molar-refractivity contribution in [2.75, 3.05) is 6.54 Å². The fourth-order valence-electron chi connectivity index (χ4n) is 1.03. The van der Waals surface area contributed by atoms with Gasteiger partial charge < -0.3 is 5.32 Å². The molecule has 4 nitrogen and oxygen atoms in total. The molecule has 16 heavy (non-hydrogen) atoms. The third-order valence-electron chi connectivity index (χ3n) is 1.65. The lowest BCUT2D eigenvalue weighted by Crippen LogP contribution is -2.27. The molecular formula is C9H6F3N3O. The van der Waals surface area contributed by atoms with Crippen molar-refractivity contribution in [2.45, 2.75) is 6.18 Å². The molecule has 1 amide bonds. The van der Waals surface area contributed by atoms with E-state index in [4.69, 9.17) is 5.26 Å². The van der Waals surface area contributed by atoms with E-state index >= 15 is 0 Å². The van der Waals surface area contributed by atoms with Crippen LogP contribution < -0.4 is 5.32 Å². The van der Waals surface area contributed by atoms with Crippen molar-refractivity contribution in [2.24, 2.45) is 0 Å². The molecule has 7 heteroatoms. The third-order valence-corrected chi connectivity index (χ3v) is 1.65. The summed E-state index contributed by atoms with van der Waals surface area (Å²) in [7, 11) is 0. The molecule has 1 aromatic rings. The second-order valence-corrected chi connectivity index (χ2v) is 2.74. The summed E-state index contributed by atoms with van der Waals surface area (Å²) in [5.74, 6) is -0.970. The molecule has 0 atom stereocenters. The molecule has 0 saturated carbocycles. The van der Waals surface area contributed by atoms with Crippen molar-refractivity contribution in [1.82, 2.24) is 10.3 Å². The lowest BCUT2D eigenvalue weighted by atomic mass is 10.1. The Hall–Kier alpha value is -2.10. The van der Waals surface area contributed by atoms with Crippen molar-refractivity contribution < 1.29 is 18.0 Å². The number of carbonyl (C=O) groups excluding carboxylic acids is 1. The molecule has 0 fully saturated rings. The van der Waals surface area contributed by atoms with Crippen molar-refractivity contribution in [3.63, 3.8) is 0 Å². The van der Waals surface area contributed by atoms with Gasteiger partial charge in [-0.3, -0.25) is 9.78 Å². The predicted molar refractivity (Wildman–Crippen MR) is 47.2 cm³/mol. The quantitative estimate of drug-likeness (QED) is 0.778. The van der Waals surface area contributed by atoms with E-state index < -0.39 is 23.3 Å². The summed E-state index contributed by atoms with van der Waals surface area (Å²) < 4.78 is 37.3. The number of pyridine rings is 1. The molecule has 0 aliphatic heterocycles. The maximum atomic E-state index is 12.4. The number of halogens is 3. The largest absolute Gasteiger partial charge is 0.434 e. The summed E-state index contributed by atoms with van der Waals surface area (Å²) in [4.78, 5) is 14.4. The average Bonchev–Trinajstić information content (AvgIpc) is 2.24. The summed E-state index contributed by atoms with van der Waals surface area (Å²) in [6, 6.07) is 3.81. The van der Waals surface area contributed by atoms with Crippen molar-refractivity contribution in [3.8, 4) is 6.07 Å². The number of carbonyl (C=O) groups is 1. The molecule has 0 aliphatic carbocycles. The van der Waals surface area contributed by atoms with Crippen LogP contribution in [0.2, 0.25) is 0 Å². The van der Waals surface area contributed by atoms with Crippen LogP contribution in [0.3, 0.4) is 0 Å². The molecule has 0 aromatic carbocycles. The lowest BCUT2D eigenvalue weighted by Gasteiger charge is -2.10. The minimum Gasteiger partial charge on any atom is -0.339 e. The van der Waals surface area contributed by atoms with E-state index in [9.17, 15) is 18.0 Å². The molecule has 1 heterocycles. The van der Waals surface area contributed by atoms with Gasteiger partial charge in [0.2, 0.25) is 0 Å². The van der Waals surface area contributed by atoms with Crippen LogP contribution in [-0.4, -0.2) is 17.4 Å². The first-order valence-electron chi connectivity index (χ1n) is 4.14. The number of hydrogen-bond donors (Lipinski definition) is 1. The Morgan fingerprint density at radius 1 is 1.56 bits per heavy atom. The van der Waals surface area contributed by atoms with E-state index in [1.165, 1.54) is 6.07 Å². The normalized spacial score (nSPS) is 10.6. The van der Waals surface area contributed by atoms with E-state index in [0.717, 1.165) is 12.3 Å². The molecule has 0 unspecified atom stereocenters. The van der Waals surface area contributed by atoms with E-state index in [1.807, 2.05) is 5.32 Å². The van der Waals surface area contributed by atoms with Gasteiger partial charge in [0.15, 0.2) is 5.69 Å². The van der Waals surface area contributed by atoms with E-state index in [1.54, 1.807) is 6.07 Å². The molecule has 0 radical (unpaired) electrons. The van der Waals surface area contributed by atoms with E-state index in [2.05, 4.69) is 4.98 Å². The fraction of sp³-hybridized carbons (Fsp3) is 0.222. The summed E-state index contributed by atoms with van der Waals surface area (Å²) >= 11 is 0. The molecular weight excluding hydrogens is 223 g/mol. The Morgan fingerprint density at radius 2 is 2.25 bits per heavy atom. The van der Waals surface area contributed by atoms with Gasteiger partial charge in [-0.25, -0.2) is 0 Å². The summed E-state index contributed by atoms with van der Waals surface area (Å²) in [5, 5.41) is 10.2. The minimum absolute atomic E-state index is 0.356. The van der Waals surface area contributed by atoms with Crippen LogP contribution in [0.4, 0.5) is 13.2 Å². The van der Waals surface area contributed by atoms with E-state index in [0.29, 0.717) is 0 Å². The highest BCUT2D eigenvalue weighted by Crippen LogP contribution is 2.29. The minimum atomic E-state index is -4.69. The number of alkyl halides is 3. The van der Waals surface area contributed by atoms with Gasteiger partial charge in [0.1, 0.15) is 6.54 Å². The van der Waals surface area contributed by atoms with Crippen molar-refractivity contribution >= 4 is 5.91 Å². The summed E-state index contributed by atoms with van der Waals surface area (Å²) in [6.45, 7) is -0.356. The van der Waals surface area contributed by atoms with Gasteiger partial charge >= 0.3 is 6.18 Å². The molecule has 0 aliphatic rings. The standard InChI is InChI=1S/C9H6F3N3O/c10-9(11,12)7-6(2-1-4-14-7)8(16)15-5-3-13/h1-2,4H,5H2,(H,15,16). The van der Waals surface area contributed by atoms with Crippen LogP contribution in [0.5, 0.6) is 0 Å². The van der Waals surface area contributed by atoms with Crippen LogP contribution in [0.25, 0.3) is 0 Å². The molecule has 0 spiro atoms. The van der Waals surface area contributed by atoms with Gasteiger partial charge in [0.05, 0.1) is 11.6 Å². The lowest BCUT2D eigenvalue weighted by molar-refractivity contribution is -0.141. The van der Waals surface area contributed by atoms with Crippen LogP contribution in [-0.2, 0) is 6.18 Å². The van der Waals surface area contributed by atoms with E-state index in [-0.39, 0.29) is 6.54 Å². The number of nitrogens with one attached hydrogen (secondary N) is 1. The topological polar surface area (TPSA) is 65.8 Å². The zero-order valence-electron chi connectivity index (χ0n) is 7.88. The highest BCUT2D eigenvalue weighted by atomic mass is 19.4. The molecule has 0 saturated heterocycles. The molecule has 1 rings (SSSR count). The van der Waals surface area contributed by atoms with Gasteiger partial charge in [-0.15, -0.1) is 0 Å². The zero-order chi connectivity index (χ0) is 12.2. The third kappa shape index (κ3) is 2.70. The number of aromatic nitrogens is 1. The Morgan fingerprint density at radius 3 is 2.81 bits per heavy atom. The molecule has 0 bridgehead atoms. The highest BCUT2D eigenvalue weighted by molar-refractivity contribution is 5.95. The summed E-state index contributed by atoms with van der Waals surface area (Å²) in [5.41, 5.74) is -1.85. The van der Waals surface area contributed by atoms with Gasteiger partial charge in [0, 0.05) is 6.20 Å². The van der Waals surface area contributed by atoms with Crippen LogP contribution >= 0.6 is 0 Å². The van der Waals surface area contributed by atoms with Crippen molar-refractivity contribution in [3.05, 3.63) is 29.6 Å². The van der Waals surface area contributed by atoms with Crippen LogP contribution in [0, 0.1) is 11.3 Å². The monoisotopic (exact) mass is 229 g/mol. The Bertz CT molecular complexity index is 436. The Balaban J connectivity index is 3.05. The highest BCUT2D eigenvalue weighted by Gasteiger charge is 2.36. The number of nitrogens with zero attached hydrogens (tertiary/aromatic N) is 2. The Kier molecular flexibility index (Phi) is 3.45. The smallest absolute Gasteiger partial charge is 0.339 e. The second-order valence-electron chi connectivity index (χ2n) is 2.74. The Labute approximate surface area is 88.7 Å². The molecule has 84 valence electrons. The molecule has 1 aromatic heterocycles. The summed E-state index contributed by atoms with van der Waals surface area (Å²) in [6.07, 6.45) is -3.75. The van der Waals surface area contributed by atoms with Gasteiger partial charge in [-0.05, 0) is 12.1 Å². The number of rotatable bonds is 2. The first-order chi connectivity index (χ1) is 7.46. The zero-order valence-corrected chi connectivity index (χ0v) is 7.88. The SMILES string of the molecule is N#CCNC(=O)c1cccnc1C(F)(F)F. The second kappa shape index (κ2) is 4.61. The van der Waals surface area contributed by atoms with Gasteiger partial charge in [0.25, 0.3) is 5.91 Å². The van der Waals surface area contributed by atoms with Crippen molar-refractivity contribution in [1.29, 1.82) is 5.26 Å². The maximum absolute atomic E-state index is 12.4. The maximum Gasteiger partial charge on any atom is 0.434 e. The molecule has 1 N–H and O–H groups in total. The fourth-order valence-corrected chi connectivity index (χ4v) is 1.03.